The number of aromatic nitrogens is 5. The van der Waals surface area contributed by atoms with Gasteiger partial charge in [0.15, 0.2) is 5.82 Å². The van der Waals surface area contributed by atoms with Crippen molar-refractivity contribution in [1.82, 2.24) is 24.8 Å². The quantitative estimate of drug-likeness (QED) is 0.683. The van der Waals surface area contributed by atoms with Gasteiger partial charge in [-0.05, 0) is 37.8 Å². The van der Waals surface area contributed by atoms with Crippen molar-refractivity contribution in [2.24, 2.45) is 0 Å². The van der Waals surface area contributed by atoms with Gasteiger partial charge in [0, 0.05) is 24.2 Å². The highest BCUT2D eigenvalue weighted by atomic mass is 15.4. The van der Waals surface area contributed by atoms with Gasteiger partial charge in [-0.15, -0.1) is 15.3 Å². The largest absolute Gasteiger partial charge is 0.366 e. The molecule has 3 aromatic rings. The molecule has 4 rings (SSSR count). The predicted molar refractivity (Wildman–Crippen MR) is 98.3 cm³/mol. The summed E-state index contributed by atoms with van der Waals surface area (Å²) in [6.45, 7) is 4.36. The number of nitrogens with one attached hydrogen (secondary N) is 2. The van der Waals surface area contributed by atoms with Crippen molar-refractivity contribution >= 4 is 23.0 Å². The summed E-state index contributed by atoms with van der Waals surface area (Å²) in [5, 5.41) is 20.4. The minimum atomic E-state index is 0.397. The highest BCUT2D eigenvalue weighted by Gasteiger charge is 2.30. The van der Waals surface area contributed by atoms with Gasteiger partial charge in [-0.2, -0.15) is 4.52 Å². The number of pyridine rings is 1. The van der Waals surface area contributed by atoms with Gasteiger partial charge in [0.25, 0.3) is 0 Å². The number of nitrogens with zero attached hydrogens (tertiary/aromatic N) is 5. The normalized spacial score (nSPS) is 14.2. The smallest absolute Gasteiger partial charge is 0.201 e. The van der Waals surface area contributed by atoms with Gasteiger partial charge in [-0.1, -0.05) is 19.9 Å². The van der Waals surface area contributed by atoms with Crippen LogP contribution >= 0.6 is 0 Å². The van der Waals surface area contributed by atoms with Crippen LogP contribution in [0, 0.1) is 0 Å². The summed E-state index contributed by atoms with van der Waals surface area (Å²) in [6, 6.07) is 8.18. The van der Waals surface area contributed by atoms with Crippen molar-refractivity contribution < 1.29 is 0 Å². The van der Waals surface area contributed by atoms with Crippen LogP contribution in [-0.2, 0) is 0 Å². The highest BCUT2D eigenvalue weighted by Crippen LogP contribution is 2.39. The Balaban J connectivity index is 1.76. The number of fused-ring (bicyclic) bond motifs is 1. The molecule has 1 fully saturated rings. The van der Waals surface area contributed by atoms with Crippen LogP contribution in [-0.4, -0.2) is 30.8 Å². The molecule has 1 aliphatic rings. The van der Waals surface area contributed by atoms with E-state index in [4.69, 9.17) is 5.10 Å². The highest BCUT2D eigenvalue weighted by molar-refractivity contribution is 5.74. The van der Waals surface area contributed by atoms with Gasteiger partial charge in [-0.3, -0.25) is 0 Å². The fourth-order valence-electron chi connectivity index (χ4n) is 2.93. The average Bonchev–Trinajstić information content (AvgIpc) is 3.40. The minimum Gasteiger partial charge on any atom is -0.366 e. The van der Waals surface area contributed by atoms with Crippen molar-refractivity contribution in [3.8, 4) is 0 Å². The molecule has 0 saturated heterocycles. The lowest BCUT2D eigenvalue weighted by Crippen LogP contribution is -2.19. The molecular formula is C18H23N7. The Labute approximate surface area is 146 Å². The number of anilines is 3. The first kappa shape index (κ1) is 15.8. The topological polar surface area (TPSA) is 80.0 Å². The standard InChI is InChI=1S/C18H23N7/c1-3-13(4-2)20-16-11-14(21-15-7-5-6-10-19-15)18-23-22-17(12-8-9-12)25(18)24-16/h5-7,10-13H,3-4,8-9H2,1-2H3,(H,19,21)(H,20,24). The summed E-state index contributed by atoms with van der Waals surface area (Å²) in [4.78, 5) is 4.35. The molecule has 0 amide bonds. The van der Waals surface area contributed by atoms with E-state index < -0.39 is 0 Å². The summed E-state index contributed by atoms with van der Waals surface area (Å²) >= 11 is 0. The van der Waals surface area contributed by atoms with E-state index >= 15 is 0 Å². The third-order valence-electron chi connectivity index (χ3n) is 4.60. The van der Waals surface area contributed by atoms with E-state index in [1.54, 1.807) is 6.20 Å². The maximum Gasteiger partial charge on any atom is 0.201 e. The maximum absolute atomic E-state index is 4.75. The van der Waals surface area contributed by atoms with E-state index in [1.165, 1.54) is 0 Å². The fourth-order valence-corrected chi connectivity index (χ4v) is 2.93. The van der Waals surface area contributed by atoms with E-state index in [-0.39, 0.29) is 0 Å². The van der Waals surface area contributed by atoms with Crippen LogP contribution < -0.4 is 10.6 Å². The zero-order chi connectivity index (χ0) is 17.2. The van der Waals surface area contributed by atoms with Crippen molar-refractivity contribution in [2.75, 3.05) is 10.6 Å². The summed E-state index contributed by atoms with van der Waals surface area (Å²) in [5.41, 5.74) is 1.60. The Kier molecular flexibility index (Phi) is 4.21. The van der Waals surface area contributed by atoms with E-state index in [0.29, 0.717) is 12.0 Å². The first-order chi connectivity index (χ1) is 12.3. The zero-order valence-electron chi connectivity index (χ0n) is 14.6. The van der Waals surface area contributed by atoms with Gasteiger partial charge in [-0.25, -0.2) is 4.98 Å². The van der Waals surface area contributed by atoms with Crippen LogP contribution in [0.2, 0.25) is 0 Å². The molecule has 0 bridgehead atoms. The van der Waals surface area contributed by atoms with Crippen LogP contribution in [0.15, 0.2) is 30.5 Å². The molecule has 0 atom stereocenters. The first-order valence-corrected chi connectivity index (χ1v) is 8.99. The number of hydrogen-bond donors (Lipinski definition) is 2. The number of rotatable bonds is 7. The molecule has 3 heterocycles. The van der Waals surface area contributed by atoms with Gasteiger partial charge >= 0.3 is 0 Å². The molecule has 3 aromatic heterocycles. The van der Waals surface area contributed by atoms with Crippen molar-refractivity contribution in [1.29, 1.82) is 0 Å². The molecule has 7 heteroatoms. The molecule has 1 saturated carbocycles. The molecule has 1 aliphatic carbocycles. The molecule has 0 radical (unpaired) electrons. The molecule has 130 valence electrons. The van der Waals surface area contributed by atoms with Gasteiger partial charge < -0.3 is 10.6 Å². The maximum atomic E-state index is 4.75. The van der Waals surface area contributed by atoms with E-state index in [2.05, 4.69) is 39.7 Å². The summed E-state index contributed by atoms with van der Waals surface area (Å²) in [5.74, 6) is 3.04. The van der Waals surface area contributed by atoms with Gasteiger partial charge in [0.1, 0.15) is 11.6 Å². The summed E-state index contributed by atoms with van der Waals surface area (Å²) in [6.07, 6.45) is 6.20. The molecule has 25 heavy (non-hydrogen) atoms. The second-order valence-corrected chi connectivity index (χ2v) is 6.51. The monoisotopic (exact) mass is 337 g/mol. The van der Waals surface area contributed by atoms with Crippen LogP contribution in [0.25, 0.3) is 5.65 Å². The van der Waals surface area contributed by atoms with Crippen LogP contribution in [0.1, 0.15) is 51.3 Å². The lowest BCUT2D eigenvalue weighted by molar-refractivity contribution is 0.664. The Hall–Kier alpha value is -2.70. The summed E-state index contributed by atoms with van der Waals surface area (Å²) in [7, 11) is 0. The first-order valence-electron chi connectivity index (χ1n) is 8.99. The van der Waals surface area contributed by atoms with Crippen LogP contribution in [0.3, 0.4) is 0 Å². The van der Waals surface area contributed by atoms with Gasteiger partial charge in [0.05, 0.1) is 5.69 Å². The Morgan fingerprint density at radius 1 is 1.16 bits per heavy atom. The van der Waals surface area contributed by atoms with E-state index in [9.17, 15) is 0 Å². The van der Waals surface area contributed by atoms with Crippen molar-refractivity contribution in [3.63, 3.8) is 0 Å². The van der Waals surface area contributed by atoms with E-state index in [1.807, 2.05) is 28.8 Å². The average molecular weight is 337 g/mol. The lowest BCUT2D eigenvalue weighted by atomic mass is 10.2. The Morgan fingerprint density at radius 3 is 2.68 bits per heavy atom. The molecule has 2 N–H and O–H groups in total. The number of hydrogen-bond acceptors (Lipinski definition) is 6. The van der Waals surface area contributed by atoms with Crippen molar-refractivity contribution in [3.05, 3.63) is 36.3 Å². The van der Waals surface area contributed by atoms with Crippen LogP contribution in [0.4, 0.5) is 17.3 Å². The SMILES string of the molecule is CCC(CC)Nc1cc(Nc2ccccn2)c2nnc(C3CC3)n2n1. The molecule has 0 unspecified atom stereocenters. The third-order valence-corrected chi connectivity index (χ3v) is 4.60. The Bertz CT molecular complexity index is 850. The van der Waals surface area contributed by atoms with E-state index in [0.717, 1.165) is 54.5 Å². The van der Waals surface area contributed by atoms with Crippen LogP contribution in [0.5, 0.6) is 0 Å². The van der Waals surface area contributed by atoms with Crippen molar-refractivity contribution in [2.45, 2.75) is 51.5 Å². The fraction of sp³-hybridized carbons (Fsp3) is 0.444. The molecule has 0 aliphatic heterocycles. The second kappa shape index (κ2) is 6.66. The summed E-state index contributed by atoms with van der Waals surface area (Å²) < 4.78 is 1.88. The zero-order valence-corrected chi connectivity index (χ0v) is 14.6. The molecule has 7 nitrogen and oxygen atoms in total. The predicted octanol–water partition coefficient (Wildman–Crippen LogP) is 3.74. The Morgan fingerprint density at radius 2 is 2.00 bits per heavy atom. The minimum absolute atomic E-state index is 0.397. The molecule has 0 aromatic carbocycles. The molecule has 0 spiro atoms. The molecular weight excluding hydrogens is 314 g/mol. The lowest BCUT2D eigenvalue weighted by Gasteiger charge is -2.17. The van der Waals surface area contributed by atoms with Gasteiger partial charge in [0.2, 0.25) is 5.65 Å². The second-order valence-electron chi connectivity index (χ2n) is 6.51. The third kappa shape index (κ3) is 3.26.